The minimum atomic E-state index is -1.03. The van der Waals surface area contributed by atoms with Crippen LogP contribution in [0.3, 0.4) is 0 Å². The lowest BCUT2D eigenvalue weighted by Gasteiger charge is -2.28. The summed E-state index contributed by atoms with van der Waals surface area (Å²) in [7, 11) is 1.70. The summed E-state index contributed by atoms with van der Waals surface area (Å²) in [6, 6.07) is 8.57. The van der Waals surface area contributed by atoms with Crippen molar-refractivity contribution in [2.24, 2.45) is 5.92 Å². The topological polar surface area (TPSA) is 60.9 Å². The van der Waals surface area contributed by atoms with E-state index in [0.717, 1.165) is 6.42 Å². The summed E-state index contributed by atoms with van der Waals surface area (Å²) in [5.41, 5.74) is 0.593. The van der Waals surface area contributed by atoms with Crippen LogP contribution >= 0.6 is 0 Å². The predicted octanol–water partition coefficient (Wildman–Crippen LogP) is 2.68. The standard InChI is InChI=1S/C15H22N2O3/c1-4-12(2)10-16(3)15(20)17(11-14(18)19)13-8-6-5-7-9-13/h5-9,12H,4,10-11H2,1-3H3,(H,18,19). The largest absolute Gasteiger partial charge is 0.480 e. The maximum Gasteiger partial charge on any atom is 0.324 e. The minimum Gasteiger partial charge on any atom is -0.480 e. The van der Waals surface area contributed by atoms with Gasteiger partial charge in [0, 0.05) is 19.3 Å². The van der Waals surface area contributed by atoms with Crippen molar-refractivity contribution in [3.05, 3.63) is 30.3 Å². The van der Waals surface area contributed by atoms with E-state index in [-0.39, 0.29) is 12.6 Å². The van der Waals surface area contributed by atoms with Crippen molar-refractivity contribution < 1.29 is 14.7 Å². The molecule has 0 aromatic heterocycles. The van der Waals surface area contributed by atoms with Gasteiger partial charge in [-0.05, 0) is 18.1 Å². The molecule has 0 saturated heterocycles. The number of aliphatic carboxylic acids is 1. The maximum atomic E-state index is 12.4. The van der Waals surface area contributed by atoms with Crippen molar-refractivity contribution in [2.45, 2.75) is 20.3 Å². The number of benzene rings is 1. The van der Waals surface area contributed by atoms with Gasteiger partial charge in [0.2, 0.25) is 0 Å². The van der Waals surface area contributed by atoms with Gasteiger partial charge >= 0.3 is 12.0 Å². The molecule has 0 aliphatic heterocycles. The Morgan fingerprint density at radius 2 is 1.85 bits per heavy atom. The lowest BCUT2D eigenvalue weighted by Crippen LogP contribution is -2.45. The number of carboxylic acids is 1. The van der Waals surface area contributed by atoms with Crippen LogP contribution in [-0.4, -0.2) is 42.1 Å². The van der Waals surface area contributed by atoms with Gasteiger partial charge in [-0.25, -0.2) is 4.79 Å². The molecule has 1 rings (SSSR count). The number of para-hydroxylation sites is 1. The van der Waals surface area contributed by atoms with Gasteiger partial charge in [0.05, 0.1) is 0 Å². The Labute approximate surface area is 119 Å². The number of carbonyl (C=O) groups excluding carboxylic acids is 1. The van der Waals surface area contributed by atoms with Crippen molar-refractivity contribution in [3.8, 4) is 0 Å². The summed E-state index contributed by atoms with van der Waals surface area (Å²) < 4.78 is 0. The van der Waals surface area contributed by atoms with Gasteiger partial charge in [0.1, 0.15) is 6.54 Å². The van der Waals surface area contributed by atoms with E-state index in [2.05, 4.69) is 13.8 Å². The SMILES string of the molecule is CCC(C)CN(C)C(=O)N(CC(=O)O)c1ccccc1. The second kappa shape index (κ2) is 7.53. The van der Waals surface area contributed by atoms with Crippen molar-refractivity contribution in [1.82, 2.24) is 4.90 Å². The summed E-state index contributed by atoms with van der Waals surface area (Å²) in [5, 5.41) is 8.99. The Balaban J connectivity index is 2.88. The van der Waals surface area contributed by atoms with Gasteiger partial charge in [-0.2, -0.15) is 0 Å². The van der Waals surface area contributed by atoms with Gasteiger partial charge in [0.25, 0.3) is 0 Å². The second-order valence-electron chi connectivity index (χ2n) is 4.99. The van der Waals surface area contributed by atoms with Crippen LogP contribution in [0.5, 0.6) is 0 Å². The molecule has 1 atom stereocenters. The van der Waals surface area contributed by atoms with E-state index >= 15 is 0 Å². The highest BCUT2D eigenvalue weighted by Gasteiger charge is 2.22. The first-order valence-electron chi connectivity index (χ1n) is 6.75. The average molecular weight is 278 g/mol. The Hall–Kier alpha value is -2.04. The molecule has 0 saturated carbocycles. The van der Waals surface area contributed by atoms with Crippen LogP contribution in [0.4, 0.5) is 10.5 Å². The Bertz CT molecular complexity index is 448. The normalized spacial score (nSPS) is 11.8. The molecule has 0 heterocycles. The Kier molecular flexibility index (Phi) is 6.03. The average Bonchev–Trinajstić information content (AvgIpc) is 2.44. The van der Waals surface area contributed by atoms with Gasteiger partial charge in [0.15, 0.2) is 0 Å². The molecular weight excluding hydrogens is 256 g/mol. The number of hydrogen-bond donors (Lipinski definition) is 1. The fourth-order valence-electron chi connectivity index (χ4n) is 1.89. The molecular formula is C15H22N2O3. The predicted molar refractivity (Wildman–Crippen MR) is 78.9 cm³/mol. The number of urea groups is 1. The third kappa shape index (κ3) is 4.57. The van der Waals surface area contributed by atoms with Gasteiger partial charge in [-0.1, -0.05) is 38.5 Å². The first-order valence-corrected chi connectivity index (χ1v) is 6.75. The second-order valence-corrected chi connectivity index (χ2v) is 4.99. The van der Waals surface area contributed by atoms with Crippen LogP contribution < -0.4 is 4.90 Å². The van der Waals surface area contributed by atoms with Gasteiger partial charge in [-0.3, -0.25) is 9.69 Å². The third-order valence-electron chi connectivity index (χ3n) is 3.20. The smallest absolute Gasteiger partial charge is 0.324 e. The zero-order valence-corrected chi connectivity index (χ0v) is 12.2. The van der Waals surface area contributed by atoms with Crippen LogP contribution in [0.2, 0.25) is 0 Å². The lowest BCUT2D eigenvalue weighted by atomic mass is 10.1. The van der Waals surface area contributed by atoms with E-state index in [9.17, 15) is 9.59 Å². The highest BCUT2D eigenvalue weighted by molar-refractivity contribution is 5.96. The molecule has 0 radical (unpaired) electrons. The number of carboxylic acid groups (broad SMARTS) is 1. The van der Waals surface area contributed by atoms with E-state index in [0.29, 0.717) is 18.2 Å². The van der Waals surface area contributed by atoms with E-state index in [4.69, 9.17) is 5.11 Å². The number of hydrogen-bond acceptors (Lipinski definition) is 2. The molecule has 5 heteroatoms. The van der Waals surface area contributed by atoms with Crippen molar-refractivity contribution in [2.75, 3.05) is 25.0 Å². The monoisotopic (exact) mass is 278 g/mol. The molecule has 20 heavy (non-hydrogen) atoms. The molecule has 1 unspecified atom stereocenters. The summed E-state index contributed by atoms with van der Waals surface area (Å²) in [5.74, 6) is -0.648. The van der Waals surface area contributed by atoms with Crippen LogP contribution in [0.15, 0.2) is 30.3 Å². The number of anilines is 1. The molecule has 0 aliphatic rings. The lowest BCUT2D eigenvalue weighted by molar-refractivity contribution is -0.135. The first-order chi connectivity index (χ1) is 9.45. The summed E-state index contributed by atoms with van der Waals surface area (Å²) in [4.78, 5) is 26.3. The Morgan fingerprint density at radius 3 is 2.35 bits per heavy atom. The highest BCUT2D eigenvalue weighted by Crippen LogP contribution is 2.15. The molecule has 0 aliphatic carbocycles. The Morgan fingerprint density at radius 1 is 1.25 bits per heavy atom. The molecule has 110 valence electrons. The van der Waals surface area contributed by atoms with Crippen LogP contribution in [0.25, 0.3) is 0 Å². The fourth-order valence-corrected chi connectivity index (χ4v) is 1.89. The maximum absolute atomic E-state index is 12.4. The highest BCUT2D eigenvalue weighted by atomic mass is 16.4. The summed E-state index contributed by atoms with van der Waals surface area (Å²) in [6.07, 6.45) is 0.974. The molecule has 0 bridgehead atoms. The summed E-state index contributed by atoms with van der Waals surface area (Å²) >= 11 is 0. The zero-order valence-electron chi connectivity index (χ0n) is 12.2. The fraction of sp³-hybridized carbons (Fsp3) is 0.467. The van der Waals surface area contributed by atoms with Crippen molar-refractivity contribution in [3.63, 3.8) is 0 Å². The molecule has 5 nitrogen and oxygen atoms in total. The molecule has 1 N–H and O–H groups in total. The van der Waals surface area contributed by atoms with E-state index in [1.807, 2.05) is 6.07 Å². The van der Waals surface area contributed by atoms with E-state index < -0.39 is 5.97 Å². The molecule has 0 spiro atoms. The van der Waals surface area contributed by atoms with Crippen molar-refractivity contribution >= 4 is 17.7 Å². The number of amides is 2. The van der Waals surface area contributed by atoms with Gasteiger partial charge < -0.3 is 10.0 Å². The van der Waals surface area contributed by atoms with Crippen LogP contribution in [-0.2, 0) is 4.79 Å². The number of nitrogens with zero attached hydrogens (tertiary/aromatic N) is 2. The zero-order chi connectivity index (χ0) is 15.1. The number of carbonyl (C=O) groups is 2. The molecule has 1 aromatic carbocycles. The molecule has 2 amide bonds. The van der Waals surface area contributed by atoms with E-state index in [1.54, 1.807) is 36.2 Å². The van der Waals surface area contributed by atoms with Crippen LogP contribution in [0, 0.1) is 5.92 Å². The number of rotatable bonds is 6. The quantitative estimate of drug-likeness (QED) is 0.870. The first kappa shape index (κ1) is 16.0. The van der Waals surface area contributed by atoms with E-state index in [1.165, 1.54) is 4.90 Å². The summed E-state index contributed by atoms with van der Waals surface area (Å²) in [6.45, 7) is 4.40. The molecule has 0 fully saturated rings. The van der Waals surface area contributed by atoms with Crippen LogP contribution in [0.1, 0.15) is 20.3 Å². The molecule has 1 aromatic rings. The van der Waals surface area contributed by atoms with Crippen molar-refractivity contribution in [1.29, 1.82) is 0 Å². The van der Waals surface area contributed by atoms with Gasteiger partial charge in [-0.15, -0.1) is 0 Å². The third-order valence-corrected chi connectivity index (χ3v) is 3.20. The minimum absolute atomic E-state index is 0.293.